The van der Waals surface area contributed by atoms with Gasteiger partial charge in [-0.15, -0.1) is 10.2 Å². The maximum absolute atomic E-state index is 12.6. The van der Waals surface area contributed by atoms with E-state index in [1.165, 1.54) is 6.42 Å². The number of aryl methyl sites for hydroxylation is 2. The lowest BCUT2D eigenvalue weighted by Crippen LogP contribution is -2.32. The minimum Gasteiger partial charge on any atom is -0.351 e. The fraction of sp³-hybridized carbons (Fsp3) is 0.450. The van der Waals surface area contributed by atoms with E-state index >= 15 is 0 Å². The van der Waals surface area contributed by atoms with E-state index in [-0.39, 0.29) is 5.91 Å². The van der Waals surface area contributed by atoms with Crippen molar-refractivity contribution in [1.29, 1.82) is 0 Å². The summed E-state index contributed by atoms with van der Waals surface area (Å²) in [6, 6.07) is 7.57. The molecule has 0 bridgehead atoms. The maximum atomic E-state index is 12.6. The fourth-order valence-corrected chi connectivity index (χ4v) is 3.50. The van der Waals surface area contributed by atoms with Gasteiger partial charge in [-0.05, 0) is 50.8 Å². The van der Waals surface area contributed by atoms with Gasteiger partial charge in [0.2, 0.25) is 5.95 Å². The van der Waals surface area contributed by atoms with Crippen molar-refractivity contribution in [1.82, 2.24) is 29.9 Å². The highest BCUT2D eigenvalue weighted by Crippen LogP contribution is 2.16. The number of hydrogen-bond acceptors (Lipinski definition) is 6. The Morgan fingerprint density at radius 3 is 2.86 bits per heavy atom. The molecule has 0 spiro atoms. The summed E-state index contributed by atoms with van der Waals surface area (Å²) in [7, 11) is 0. The molecule has 1 aliphatic heterocycles. The average Bonchev–Trinajstić information content (AvgIpc) is 3.14. The smallest absolute Gasteiger partial charge is 0.270 e. The second-order valence-electron chi connectivity index (χ2n) is 7.15. The molecule has 1 aliphatic rings. The lowest BCUT2D eigenvalue weighted by Gasteiger charge is -2.27. The van der Waals surface area contributed by atoms with E-state index < -0.39 is 0 Å². The molecule has 0 saturated carbocycles. The number of nitrogens with zero attached hydrogens (tertiary/aromatic N) is 6. The first-order chi connectivity index (χ1) is 13.7. The molecule has 1 N–H and O–H groups in total. The highest BCUT2D eigenvalue weighted by molar-refractivity contribution is 5.92. The molecule has 1 fully saturated rings. The van der Waals surface area contributed by atoms with Crippen LogP contribution in [0.1, 0.15) is 47.7 Å². The molecule has 4 heterocycles. The molecule has 1 amide bonds. The zero-order valence-corrected chi connectivity index (χ0v) is 16.1. The molecule has 8 nitrogen and oxygen atoms in total. The van der Waals surface area contributed by atoms with Crippen LogP contribution >= 0.6 is 0 Å². The van der Waals surface area contributed by atoms with Crippen molar-refractivity contribution in [3.05, 3.63) is 47.7 Å². The fourth-order valence-electron chi connectivity index (χ4n) is 3.50. The normalized spacial score (nSPS) is 14.4. The van der Waals surface area contributed by atoms with Gasteiger partial charge in [0.25, 0.3) is 5.91 Å². The van der Waals surface area contributed by atoms with E-state index in [1.807, 2.05) is 35.7 Å². The molecule has 0 aliphatic carbocycles. The highest BCUT2D eigenvalue weighted by atomic mass is 16.1. The summed E-state index contributed by atoms with van der Waals surface area (Å²) in [5.74, 6) is 1.41. The molecule has 4 rings (SSSR count). The van der Waals surface area contributed by atoms with Gasteiger partial charge >= 0.3 is 0 Å². The first kappa shape index (κ1) is 18.3. The number of pyridine rings is 1. The summed E-state index contributed by atoms with van der Waals surface area (Å²) in [6.45, 7) is 4.37. The number of carbonyl (C=O) groups excluding carboxylic acids is 1. The number of piperidine rings is 1. The third kappa shape index (κ3) is 4.11. The number of fused-ring (bicyclic) bond motifs is 1. The molecule has 3 aromatic rings. The Balaban J connectivity index is 1.34. The monoisotopic (exact) mass is 379 g/mol. The van der Waals surface area contributed by atoms with E-state index in [9.17, 15) is 4.79 Å². The number of rotatable bonds is 6. The van der Waals surface area contributed by atoms with Gasteiger partial charge in [-0.2, -0.15) is 0 Å². The summed E-state index contributed by atoms with van der Waals surface area (Å²) >= 11 is 0. The standard InChI is InChI=1S/C20H25N7O/c1-15-14-16(23-20(22-15)26-11-4-2-5-12-26)19(28)21-10-7-9-18-25-24-17-8-3-6-13-27(17)18/h3,6,8,13-14H,2,4-5,7,9-12H2,1H3,(H,21,28). The summed E-state index contributed by atoms with van der Waals surface area (Å²) < 4.78 is 1.97. The first-order valence-electron chi connectivity index (χ1n) is 9.88. The van der Waals surface area contributed by atoms with Crippen LogP contribution in [-0.2, 0) is 6.42 Å². The molecule has 0 unspecified atom stereocenters. The summed E-state index contributed by atoms with van der Waals surface area (Å²) in [6.07, 6.45) is 7.02. The van der Waals surface area contributed by atoms with Crippen LogP contribution in [0.5, 0.6) is 0 Å². The lowest BCUT2D eigenvalue weighted by atomic mass is 10.1. The van der Waals surface area contributed by atoms with E-state index in [1.54, 1.807) is 6.07 Å². The van der Waals surface area contributed by atoms with Crippen molar-refractivity contribution in [2.24, 2.45) is 0 Å². The zero-order chi connectivity index (χ0) is 19.3. The van der Waals surface area contributed by atoms with Crippen LogP contribution in [0.2, 0.25) is 0 Å². The Labute approximate surface area is 164 Å². The Bertz CT molecular complexity index is 962. The highest BCUT2D eigenvalue weighted by Gasteiger charge is 2.17. The van der Waals surface area contributed by atoms with Crippen LogP contribution in [-0.4, -0.2) is 50.1 Å². The van der Waals surface area contributed by atoms with Gasteiger partial charge < -0.3 is 10.2 Å². The van der Waals surface area contributed by atoms with Crippen LogP contribution in [0.4, 0.5) is 5.95 Å². The van der Waals surface area contributed by atoms with E-state index in [2.05, 4.69) is 30.4 Å². The molecule has 1 saturated heterocycles. The third-order valence-electron chi connectivity index (χ3n) is 4.96. The topological polar surface area (TPSA) is 88.3 Å². The summed E-state index contributed by atoms with van der Waals surface area (Å²) in [5, 5.41) is 11.3. The number of hydrogen-bond donors (Lipinski definition) is 1. The van der Waals surface area contributed by atoms with Crippen molar-refractivity contribution >= 4 is 17.5 Å². The molecule has 146 valence electrons. The molecule has 28 heavy (non-hydrogen) atoms. The number of amides is 1. The Morgan fingerprint density at radius 2 is 2.00 bits per heavy atom. The van der Waals surface area contributed by atoms with Crippen molar-refractivity contribution in [3.63, 3.8) is 0 Å². The van der Waals surface area contributed by atoms with Gasteiger partial charge in [0.15, 0.2) is 5.65 Å². The van der Waals surface area contributed by atoms with Gasteiger partial charge in [0.1, 0.15) is 11.5 Å². The minimum absolute atomic E-state index is 0.158. The third-order valence-corrected chi connectivity index (χ3v) is 4.96. The number of carbonyl (C=O) groups is 1. The zero-order valence-electron chi connectivity index (χ0n) is 16.1. The number of nitrogens with one attached hydrogen (secondary N) is 1. The van der Waals surface area contributed by atoms with Crippen molar-refractivity contribution in [2.45, 2.75) is 39.0 Å². The van der Waals surface area contributed by atoms with E-state index in [0.29, 0.717) is 18.2 Å². The second kappa shape index (κ2) is 8.33. The predicted molar refractivity (Wildman–Crippen MR) is 106 cm³/mol. The molecule has 0 radical (unpaired) electrons. The second-order valence-corrected chi connectivity index (χ2v) is 7.15. The molecule has 0 aromatic carbocycles. The number of anilines is 1. The Morgan fingerprint density at radius 1 is 1.14 bits per heavy atom. The van der Waals surface area contributed by atoms with Gasteiger partial charge in [0, 0.05) is 37.9 Å². The largest absolute Gasteiger partial charge is 0.351 e. The predicted octanol–water partition coefficient (Wildman–Crippen LogP) is 2.18. The maximum Gasteiger partial charge on any atom is 0.270 e. The van der Waals surface area contributed by atoms with Crippen LogP contribution < -0.4 is 10.2 Å². The molecule has 8 heteroatoms. The molecular weight excluding hydrogens is 354 g/mol. The summed E-state index contributed by atoms with van der Waals surface area (Å²) in [4.78, 5) is 23.7. The molecule has 0 atom stereocenters. The van der Waals surface area contributed by atoms with Crippen LogP contribution in [0.25, 0.3) is 5.65 Å². The van der Waals surface area contributed by atoms with Gasteiger partial charge in [0.05, 0.1) is 0 Å². The average molecular weight is 379 g/mol. The van der Waals surface area contributed by atoms with Crippen molar-refractivity contribution in [2.75, 3.05) is 24.5 Å². The van der Waals surface area contributed by atoms with Crippen LogP contribution in [0.15, 0.2) is 30.5 Å². The Kier molecular flexibility index (Phi) is 5.45. The van der Waals surface area contributed by atoms with Gasteiger partial charge in [-0.3, -0.25) is 9.20 Å². The van der Waals surface area contributed by atoms with E-state index in [4.69, 9.17) is 0 Å². The van der Waals surface area contributed by atoms with Crippen molar-refractivity contribution < 1.29 is 4.79 Å². The molecule has 3 aromatic heterocycles. The lowest BCUT2D eigenvalue weighted by molar-refractivity contribution is 0.0948. The number of aromatic nitrogens is 5. The van der Waals surface area contributed by atoms with Crippen molar-refractivity contribution in [3.8, 4) is 0 Å². The quantitative estimate of drug-likeness (QED) is 0.661. The minimum atomic E-state index is -0.158. The van der Waals surface area contributed by atoms with Crippen LogP contribution in [0.3, 0.4) is 0 Å². The molecular formula is C20H25N7O. The SMILES string of the molecule is Cc1cc(C(=O)NCCCc2nnc3ccccn23)nc(N2CCCCC2)n1. The first-order valence-corrected chi connectivity index (χ1v) is 9.88. The van der Waals surface area contributed by atoms with Gasteiger partial charge in [-0.25, -0.2) is 9.97 Å². The summed E-state index contributed by atoms with van der Waals surface area (Å²) in [5.41, 5.74) is 2.08. The van der Waals surface area contributed by atoms with Crippen LogP contribution in [0, 0.1) is 6.92 Å². The Hall–Kier alpha value is -3.03. The van der Waals surface area contributed by atoms with Gasteiger partial charge in [-0.1, -0.05) is 6.07 Å². The van der Waals surface area contributed by atoms with E-state index in [0.717, 1.165) is 55.9 Å².